The molecule has 0 atom stereocenters. The van der Waals surface area contributed by atoms with Crippen LogP contribution < -0.4 is 9.47 Å². The van der Waals surface area contributed by atoms with E-state index in [9.17, 15) is 14.4 Å². The summed E-state index contributed by atoms with van der Waals surface area (Å²) in [5.74, 6) is 0.392. The van der Waals surface area contributed by atoms with Gasteiger partial charge in [-0.2, -0.15) is 0 Å². The topological polar surface area (TPSA) is 123 Å². The Kier molecular flexibility index (Phi) is 12.9. The van der Waals surface area contributed by atoms with Crippen LogP contribution >= 0.6 is 15.9 Å². The highest BCUT2D eigenvalue weighted by molar-refractivity contribution is 9.10. The van der Waals surface area contributed by atoms with Gasteiger partial charge in [0.05, 0.1) is 36.1 Å². The first-order valence-corrected chi connectivity index (χ1v) is 14.4. The number of ether oxygens (including phenoxy) is 3. The smallest absolute Gasteiger partial charge is 0.303 e. The average Bonchev–Trinajstić information content (AvgIpc) is 2.94. The number of fused-ring (bicyclic) bond motifs is 1. The molecular weight excluding hydrogens is 582 g/mol. The number of benzene rings is 2. The standard InChI is InChI=1S/C26H32BrNO4.C4H6O4/c1-30-14-15-32-26-18-21(2-4-23(26)27)16-20-7-11-28(12-8-20)10-6-19-3-5-25-22(17-19)24(29)9-13-31-25;5-3(6)1-2-4(7)8/h2-5,17-18,20H,6-16H2,1H3;1-2H2,(H,5,6)(H,7,8). The zero-order valence-electron chi connectivity index (χ0n) is 22.9. The zero-order valence-corrected chi connectivity index (χ0v) is 24.5. The number of ketones is 1. The Labute approximate surface area is 243 Å². The normalized spacial score (nSPS) is 15.4. The van der Waals surface area contributed by atoms with Crippen LogP contribution in [0.3, 0.4) is 0 Å². The van der Waals surface area contributed by atoms with Crippen molar-refractivity contribution in [3.8, 4) is 11.5 Å². The van der Waals surface area contributed by atoms with Gasteiger partial charge in [-0.1, -0.05) is 12.1 Å². The lowest BCUT2D eigenvalue weighted by molar-refractivity contribution is -0.143. The number of carboxylic acids is 2. The molecule has 40 heavy (non-hydrogen) atoms. The monoisotopic (exact) mass is 619 g/mol. The predicted molar refractivity (Wildman–Crippen MR) is 153 cm³/mol. The third-order valence-corrected chi connectivity index (χ3v) is 7.63. The molecule has 218 valence electrons. The van der Waals surface area contributed by atoms with Gasteiger partial charge in [0.1, 0.15) is 18.1 Å². The first-order valence-electron chi connectivity index (χ1n) is 13.6. The van der Waals surface area contributed by atoms with E-state index < -0.39 is 11.9 Å². The summed E-state index contributed by atoms with van der Waals surface area (Å²) in [6.07, 6.45) is 4.39. The van der Waals surface area contributed by atoms with Crippen molar-refractivity contribution in [2.24, 2.45) is 5.92 Å². The summed E-state index contributed by atoms with van der Waals surface area (Å²) in [4.78, 5) is 34.0. The highest BCUT2D eigenvalue weighted by Gasteiger charge is 2.21. The second-order valence-corrected chi connectivity index (χ2v) is 10.8. The summed E-state index contributed by atoms with van der Waals surface area (Å²) in [6.45, 7) is 4.95. The summed E-state index contributed by atoms with van der Waals surface area (Å²) >= 11 is 3.58. The molecule has 0 amide bonds. The lowest BCUT2D eigenvalue weighted by atomic mass is 9.90. The van der Waals surface area contributed by atoms with Crippen LogP contribution in [0.4, 0.5) is 0 Å². The molecule has 1 saturated heterocycles. The summed E-state index contributed by atoms with van der Waals surface area (Å²) in [5.41, 5.74) is 3.31. The van der Waals surface area contributed by atoms with E-state index in [1.54, 1.807) is 7.11 Å². The SMILES string of the molecule is COCCOc1cc(CC2CCN(CCc3ccc4c(c3)C(=O)CCO4)CC2)ccc1Br.O=C(O)CCC(=O)O. The number of carboxylic acid groups (broad SMARTS) is 2. The highest BCUT2D eigenvalue weighted by Crippen LogP contribution is 2.30. The van der Waals surface area contributed by atoms with E-state index in [0.717, 1.165) is 54.0 Å². The van der Waals surface area contributed by atoms with Crippen molar-refractivity contribution in [1.82, 2.24) is 4.90 Å². The summed E-state index contributed by atoms with van der Waals surface area (Å²) in [5, 5.41) is 15.8. The molecule has 0 aliphatic carbocycles. The van der Waals surface area contributed by atoms with Crippen molar-refractivity contribution in [3.05, 3.63) is 57.6 Å². The van der Waals surface area contributed by atoms with Crippen LogP contribution in [0.1, 0.15) is 53.6 Å². The van der Waals surface area contributed by atoms with Crippen LogP contribution in [0.2, 0.25) is 0 Å². The Balaban J connectivity index is 0.000000482. The number of Topliss-reactive ketones (excluding diaryl/α,β-unsaturated/α-hetero) is 1. The number of halogens is 1. The number of carbonyl (C=O) groups is 3. The maximum Gasteiger partial charge on any atom is 0.303 e. The Bertz CT molecular complexity index is 1130. The third-order valence-electron chi connectivity index (χ3n) is 6.97. The number of hydrogen-bond acceptors (Lipinski definition) is 7. The van der Waals surface area contributed by atoms with Crippen molar-refractivity contribution in [3.63, 3.8) is 0 Å². The van der Waals surface area contributed by atoms with Crippen molar-refractivity contribution < 1.29 is 38.8 Å². The molecule has 2 aromatic carbocycles. The molecule has 2 aliphatic heterocycles. The van der Waals surface area contributed by atoms with Gasteiger partial charge in [-0.15, -0.1) is 0 Å². The van der Waals surface area contributed by atoms with Gasteiger partial charge in [-0.05, 0) is 96.0 Å². The van der Waals surface area contributed by atoms with Crippen molar-refractivity contribution in [2.75, 3.05) is 46.6 Å². The van der Waals surface area contributed by atoms with Gasteiger partial charge in [-0.3, -0.25) is 14.4 Å². The summed E-state index contributed by atoms with van der Waals surface area (Å²) in [6, 6.07) is 12.5. The quantitative estimate of drug-likeness (QED) is 0.320. The minimum Gasteiger partial charge on any atom is -0.492 e. The van der Waals surface area contributed by atoms with Crippen LogP contribution in [-0.4, -0.2) is 79.4 Å². The van der Waals surface area contributed by atoms with Crippen LogP contribution in [0.25, 0.3) is 0 Å². The highest BCUT2D eigenvalue weighted by atomic mass is 79.9. The van der Waals surface area contributed by atoms with Gasteiger partial charge in [0.15, 0.2) is 5.78 Å². The lowest BCUT2D eigenvalue weighted by Crippen LogP contribution is -2.35. The minimum atomic E-state index is -1.08. The molecule has 0 saturated carbocycles. The molecule has 1 fully saturated rings. The van der Waals surface area contributed by atoms with Crippen molar-refractivity contribution in [2.45, 2.75) is 44.9 Å². The second kappa shape index (κ2) is 16.3. The fourth-order valence-electron chi connectivity index (χ4n) is 4.73. The number of aliphatic carboxylic acids is 2. The molecule has 9 nitrogen and oxygen atoms in total. The van der Waals surface area contributed by atoms with E-state index in [4.69, 9.17) is 24.4 Å². The molecule has 0 unspecified atom stereocenters. The summed E-state index contributed by atoms with van der Waals surface area (Å²) < 4.78 is 17.5. The number of hydrogen-bond donors (Lipinski definition) is 2. The van der Waals surface area contributed by atoms with Gasteiger partial charge >= 0.3 is 11.9 Å². The van der Waals surface area contributed by atoms with E-state index in [0.29, 0.717) is 32.2 Å². The average molecular weight is 621 g/mol. The second-order valence-electron chi connectivity index (χ2n) is 9.98. The molecule has 0 aromatic heterocycles. The van der Waals surface area contributed by atoms with Crippen LogP contribution in [0, 0.1) is 5.92 Å². The number of carbonyl (C=O) groups excluding carboxylic acids is 1. The first kappa shape index (κ1) is 31.6. The maximum atomic E-state index is 12.1. The number of likely N-dealkylation sites (tertiary alicyclic amines) is 1. The zero-order chi connectivity index (χ0) is 28.9. The molecule has 0 radical (unpaired) electrons. The predicted octanol–water partition coefficient (Wildman–Crippen LogP) is 4.87. The van der Waals surface area contributed by atoms with Crippen LogP contribution in [-0.2, 0) is 27.2 Å². The van der Waals surface area contributed by atoms with Crippen LogP contribution in [0.15, 0.2) is 40.9 Å². The summed E-state index contributed by atoms with van der Waals surface area (Å²) in [7, 11) is 1.68. The molecule has 2 aliphatic rings. The first-order chi connectivity index (χ1) is 19.2. The largest absolute Gasteiger partial charge is 0.492 e. The van der Waals surface area contributed by atoms with E-state index in [1.165, 1.54) is 24.0 Å². The molecule has 0 spiro atoms. The van der Waals surface area contributed by atoms with Crippen molar-refractivity contribution in [1.29, 1.82) is 0 Å². The molecule has 10 heteroatoms. The fourth-order valence-corrected chi connectivity index (χ4v) is 5.09. The fraction of sp³-hybridized carbons (Fsp3) is 0.500. The third kappa shape index (κ3) is 10.6. The molecule has 2 N–H and O–H groups in total. The number of piperidine rings is 1. The van der Waals surface area contributed by atoms with E-state index in [1.807, 2.05) is 12.1 Å². The van der Waals surface area contributed by atoms with Gasteiger partial charge in [-0.25, -0.2) is 0 Å². The molecule has 4 rings (SSSR count). The molecule has 2 aromatic rings. The molecular formula is C30H38BrNO8. The molecule has 0 bridgehead atoms. The van der Waals surface area contributed by atoms with E-state index >= 15 is 0 Å². The van der Waals surface area contributed by atoms with E-state index in [-0.39, 0.29) is 18.6 Å². The van der Waals surface area contributed by atoms with Crippen molar-refractivity contribution >= 4 is 33.7 Å². The van der Waals surface area contributed by atoms with E-state index in [2.05, 4.69) is 45.1 Å². The molecule has 2 heterocycles. The Hall–Kier alpha value is -2.95. The Morgan fingerprint density at radius 2 is 1.73 bits per heavy atom. The number of nitrogens with zero attached hydrogens (tertiary/aromatic N) is 1. The van der Waals surface area contributed by atoms with Gasteiger partial charge in [0.25, 0.3) is 0 Å². The van der Waals surface area contributed by atoms with Crippen LogP contribution in [0.5, 0.6) is 11.5 Å². The maximum absolute atomic E-state index is 12.1. The Morgan fingerprint density at radius 1 is 1.02 bits per heavy atom. The van der Waals surface area contributed by atoms with Gasteiger partial charge < -0.3 is 29.3 Å². The minimum absolute atomic E-state index is 0.203. The van der Waals surface area contributed by atoms with Gasteiger partial charge in [0, 0.05) is 20.1 Å². The number of methoxy groups -OCH3 is 1. The Morgan fingerprint density at radius 3 is 2.40 bits per heavy atom. The lowest BCUT2D eigenvalue weighted by Gasteiger charge is -2.32. The van der Waals surface area contributed by atoms with Gasteiger partial charge in [0.2, 0.25) is 0 Å². The number of rotatable bonds is 12.